The molecule has 3 rings (SSSR count). The molecule has 2 aliphatic rings. The van der Waals surface area contributed by atoms with Gasteiger partial charge in [-0.15, -0.1) is 0 Å². The zero-order valence-corrected chi connectivity index (χ0v) is 13.1. The predicted molar refractivity (Wildman–Crippen MR) is 81.5 cm³/mol. The summed E-state index contributed by atoms with van der Waals surface area (Å²) in [5, 5.41) is 3.65. The molecule has 0 spiro atoms. The number of carbonyl (C=O) groups excluding carboxylic acids is 1. The van der Waals surface area contributed by atoms with E-state index in [2.05, 4.69) is 26.7 Å². The van der Waals surface area contributed by atoms with Crippen LogP contribution in [0.15, 0.2) is 12.4 Å². The van der Waals surface area contributed by atoms with Gasteiger partial charge in [0.15, 0.2) is 0 Å². The molecule has 116 valence electrons. The molecule has 0 bridgehead atoms. The summed E-state index contributed by atoms with van der Waals surface area (Å²) < 4.78 is 2.06. The van der Waals surface area contributed by atoms with Crippen molar-refractivity contribution in [3.05, 3.63) is 18.2 Å². The summed E-state index contributed by atoms with van der Waals surface area (Å²) in [6.45, 7) is 4.86. The molecule has 1 amide bonds. The van der Waals surface area contributed by atoms with Crippen molar-refractivity contribution in [1.82, 2.24) is 19.8 Å². The second kappa shape index (κ2) is 6.18. The zero-order valence-electron chi connectivity index (χ0n) is 13.1. The summed E-state index contributed by atoms with van der Waals surface area (Å²) >= 11 is 0. The number of carbonyl (C=O) groups is 1. The smallest absolute Gasteiger partial charge is 0.225 e. The molecule has 2 heterocycles. The Morgan fingerprint density at radius 3 is 2.86 bits per heavy atom. The summed E-state index contributed by atoms with van der Waals surface area (Å²) in [7, 11) is 2.03. The van der Waals surface area contributed by atoms with Gasteiger partial charge in [-0.05, 0) is 25.2 Å². The van der Waals surface area contributed by atoms with Crippen LogP contribution < -0.4 is 5.32 Å². The highest BCUT2D eigenvalue weighted by Crippen LogP contribution is 2.33. The lowest BCUT2D eigenvalue weighted by molar-refractivity contribution is -0.134. The van der Waals surface area contributed by atoms with E-state index in [-0.39, 0.29) is 0 Å². The van der Waals surface area contributed by atoms with Crippen molar-refractivity contribution in [3.63, 3.8) is 0 Å². The first-order chi connectivity index (χ1) is 10.2. The Bertz CT molecular complexity index is 494. The van der Waals surface area contributed by atoms with Crippen molar-refractivity contribution in [2.75, 3.05) is 13.1 Å². The molecule has 0 aromatic carbocycles. The van der Waals surface area contributed by atoms with Gasteiger partial charge in [0.1, 0.15) is 5.82 Å². The number of amides is 1. The Balaban J connectivity index is 1.54. The van der Waals surface area contributed by atoms with Gasteiger partial charge >= 0.3 is 0 Å². The fourth-order valence-corrected chi connectivity index (χ4v) is 3.29. The third kappa shape index (κ3) is 3.28. The van der Waals surface area contributed by atoms with Gasteiger partial charge in [0.25, 0.3) is 0 Å². The van der Waals surface area contributed by atoms with Gasteiger partial charge in [-0.3, -0.25) is 4.79 Å². The fourth-order valence-electron chi connectivity index (χ4n) is 3.29. The Labute approximate surface area is 126 Å². The molecule has 1 saturated carbocycles. The summed E-state index contributed by atoms with van der Waals surface area (Å²) in [4.78, 5) is 18.7. The first-order valence-corrected chi connectivity index (χ1v) is 8.17. The minimum Gasteiger partial charge on any atom is -0.342 e. The van der Waals surface area contributed by atoms with Crippen LogP contribution in [0.3, 0.4) is 0 Å². The van der Waals surface area contributed by atoms with Gasteiger partial charge < -0.3 is 14.8 Å². The van der Waals surface area contributed by atoms with Crippen molar-refractivity contribution < 1.29 is 4.79 Å². The maximum absolute atomic E-state index is 12.2. The first-order valence-electron chi connectivity index (χ1n) is 8.17. The molecule has 21 heavy (non-hydrogen) atoms. The molecule has 1 aromatic heterocycles. The Kier molecular flexibility index (Phi) is 4.29. The Hall–Kier alpha value is -1.36. The second-order valence-electron chi connectivity index (χ2n) is 6.46. The molecule has 1 N–H and O–H groups in total. The maximum atomic E-state index is 12.2. The lowest BCUT2D eigenvalue weighted by atomic mass is 9.89. The highest BCUT2D eigenvalue weighted by Gasteiger charge is 2.37. The van der Waals surface area contributed by atoms with Gasteiger partial charge in [-0.1, -0.05) is 13.3 Å². The van der Waals surface area contributed by atoms with Crippen LogP contribution in [0.1, 0.15) is 38.4 Å². The van der Waals surface area contributed by atoms with Crippen LogP contribution in [0.5, 0.6) is 0 Å². The molecule has 1 saturated heterocycles. The SMILES string of the molecule is CC[C@@H]1CN(C(=O)C2CC2)CC[C@H]1NCc1nccn1C. The average Bonchev–Trinajstić information content (AvgIpc) is 3.27. The molecule has 2 atom stereocenters. The number of nitrogens with zero attached hydrogens (tertiary/aromatic N) is 3. The van der Waals surface area contributed by atoms with Gasteiger partial charge in [0.2, 0.25) is 5.91 Å². The minimum absolute atomic E-state index is 0.347. The zero-order chi connectivity index (χ0) is 14.8. The largest absolute Gasteiger partial charge is 0.342 e. The number of likely N-dealkylation sites (tertiary alicyclic amines) is 1. The van der Waals surface area contributed by atoms with E-state index in [9.17, 15) is 4.79 Å². The van der Waals surface area contributed by atoms with E-state index in [1.54, 1.807) is 0 Å². The molecule has 1 aliphatic carbocycles. The van der Waals surface area contributed by atoms with E-state index in [4.69, 9.17) is 0 Å². The van der Waals surface area contributed by atoms with Crippen molar-refractivity contribution >= 4 is 5.91 Å². The third-order valence-corrected chi connectivity index (χ3v) is 4.94. The molecule has 5 heteroatoms. The van der Waals surface area contributed by atoms with Crippen LogP contribution >= 0.6 is 0 Å². The van der Waals surface area contributed by atoms with E-state index in [0.29, 0.717) is 23.8 Å². The van der Waals surface area contributed by atoms with E-state index in [1.165, 1.54) is 0 Å². The number of imidazole rings is 1. The lowest BCUT2D eigenvalue weighted by Crippen LogP contribution is -2.51. The summed E-state index contributed by atoms with van der Waals surface area (Å²) in [6, 6.07) is 0.495. The molecule has 0 unspecified atom stereocenters. The third-order valence-electron chi connectivity index (χ3n) is 4.94. The van der Waals surface area contributed by atoms with Crippen LogP contribution in [-0.2, 0) is 18.4 Å². The fraction of sp³-hybridized carbons (Fsp3) is 0.750. The Morgan fingerprint density at radius 2 is 2.24 bits per heavy atom. The highest BCUT2D eigenvalue weighted by atomic mass is 16.2. The monoisotopic (exact) mass is 290 g/mol. The number of hydrogen-bond donors (Lipinski definition) is 1. The van der Waals surface area contributed by atoms with Crippen molar-refractivity contribution in [1.29, 1.82) is 0 Å². The summed E-state index contributed by atoms with van der Waals surface area (Å²) in [5.41, 5.74) is 0. The van der Waals surface area contributed by atoms with Gasteiger partial charge in [-0.25, -0.2) is 4.98 Å². The molecule has 2 fully saturated rings. The van der Waals surface area contributed by atoms with Gasteiger partial charge in [-0.2, -0.15) is 0 Å². The van der Waals surface area contributed by atoms with Crippen molar-refractivity contribution in [3.8, 4) is 0 Å². The number of nitrogens with one attached hydrogen (secondary N) is 1. The van der Waals surface area contributed by atoms with Crippen molar-refractivity contribution in [2.45, 2.75) is 45.2 Å². The van der Waals surface area contributed by atoms with E-state index >= 15 is 0 Å². The van der Waals surface area contributed by atoms with Crippen LogP contribution in [-0.4, -0.2) is 39.5 Å². The average molecular weight is 290 g/mol. The van der Waals surface area contributed by atoms with Crippen LogP contribution in [0, 0.1) is 11.8 Å². The molecular weight excluding hydrogens is 264 g/mol. The normalized spacial score (nSPS) is 26.1. The highest BCUT2D eigenvalue weighted by molar-refractivity contribution is 5.81. The van der Waals surface area contributed by atoms with Crippen LogP contribution in [0.2, 0.25) is 0 Å². The number of hydrogen-bond acceptors (Lipinski definition) is 3. The Morgan fingerprint density at radius 1 is 1.43 bits per heavy atom. The number of aryl methyl sites for hydroxylation is 1. The minimum atomic E-state index is 0.347. The van der Waals surface area contributed by atoms with Gasteiger partial charge in [0, 0.05) is 44.5 Å². The topological polar surface area (TPSA) is 50.2 Å². The standard InChI is InChI=1S/C16H26N4O/c1-3-12-11-20(16(21)13-4-5-13)8-6-14(12)18-10-15-17-7-9-19(15)2/h7,9,12-14,18H,3-6,8,10-11H2,1-2H3/t12-,14-/m1/s1. The maximum Gasteiger partial charge on any atom is 0.225 e. The van der Waals surface area contributed by atoms with E-state index < -0.39 is 0 Å². The first kappa shape index (κ1) is 14.6. The molecular formula is C16H26N4O. The number of rotatable bonds is 5. The number of piperidine rings is 1. The summed E-state index contributed by atoms with van der Waals surface area (Å²) in [5.74, 6) is 2.37. The van der Waals surface area contributed by atoms with E-state index in [0.717, 1.165) is 51.1 Å². The van der Waals surface area contributed by atoms with Crippen LogP contribution in [0.4, 0.5) is 0 Å². The van der Waals surface area contributed by atoms with Crippen LogP contribution in [0.25, 0.3) is 0 Å². The molecule has 1 aromatic rings. The van der Waals surface area contributed by atoms with Crippen molar-refractivity contribution in [2.24, 2.45) is 18.9 Å². The molecule has 0 radical (unpaired) electrons. The molecule has 1 aliphatic heterocycles. The number of aromatic nitrogens is 2. The molecule has 5 nitrogen and oxygen atoms in total. The van der Waals surface area contributed by atoms with Gasteiger partial charge in [0.05, 0.1) is 6.54 Å². The predicted octanol–water partition coefficient (Wildman–Crippen LogP) is 1.55. The quantitative estimate of drug-likeness (QED) is 0.895. The van der Waals surface area contributed by atoms with E-state index in [1.807, 2.05) is 19.4 Å². The lowest BCUT2D eigenvalue weighted by Gasteiger charge is -2.39. The summed E-state index contributed by atoms with van der Waals surface area (Å²) in [6.07, 6.45) is 8.20. The second-order valence-corrected chi connectivity index (χ2v) is 6.46.